The van der Waals surface area contributed by atoms with Gasteiger partial charge in [-0.15, -0.1) is 0 Å². The maximum Gasteiger partial charge on any atom is 0.337 e. The summed E-state index contributed by atoms with van der Waals surface area (Å²) in [6.07, 6.45) is 4.85. The second-order valence-electron chi connectivity index (χ2n) is 13.3. The molecule has 0 radical (unpaired) electrons. The highest BCUT2D eigenvalue weighted by molar-refractivity contribution is 5.88. The number of ether oxygens (including phenoxy) is 2. The van der Waals surface area contributed by atoms with Crippen LogP contribution in [0.5, 0.6) is 5.75 Å². The Morgan fingerprint density at radius 1 is 1.00 bits per heavy atom. The fourth-order valence-corrected chi connectivity index (χ4v) is 5.95. The van der Waals surface area contributed by atoms with Crippen molar-refractivity contribution in [2.75, 3.05) is 44.2 Å². The van der Waals surface area contributed by atoms with E-state index in [1.807, 2.05) is 46.8 Å². The van der Waals surface area contributed by atoms with Gasteiger partial charge >= 0.3 is 5.97 Å². The van der Waals surface area contributed by atoms with Gasteiger partial charge in [0.15, 0.2) is 6.10 Å². The second-order valence-corrected chi connectivity index (χ2v) is 13.3. The quantitative estimate of drug-likeness (QED) is 0.367. The van der Waals surface area contributed by atoms with Crippen molar-refractivity contribution >= 4 is 11.7 Å². The molecule has 1 aromatic carbocycles. The van der Waals surface area contributed by atoms with Crippen molar-refractivity contribution in [3.05, 3.63) is 41.2 Å². The van der Waals surface area contributed by atoms with Gasteiger partial charge in [-0.1, -0.05) is 32.4 Å². The van der Waals surface area contributed by atoms with Crippen LogP contribution in [0.1, 0.15) is 89.8 Å². The minimum absolute atomic E-state index is 0.259. The van der Waals surface area contributed by atoms with Crippen LogP contribution in [-0.2, 0) is 9.53 Å². The lowest BCUT2D eigenvalue weighted by molar-refractivity contribution is -0.160. The summed E-state index contributed by atoms with van der Waals surface area (Å²) in [6.45, 7) is 19.9. The summed E-state index contributed by atoms with van der Waals surface area (Å²) >= 11 is 0. The highest BCUT2D eigenvalue weighted by Gasteiger charge is 2.36. The Morgan fingerprint density at radius 2 is 1.62 bits per heavy atom. The van der Waals surface area contributed by atoms with E-state index < -0.39 is 17.7 Å². The third kappa shape index (κ3) is 7.55. The predicted octanol–water partition coefficient (Wildman–Crippen LogP) is 6.80. The van der Waals surface area contributed by atoms with Gasteiger partial charge in [-0.3, -0.25) is 9.88 Å². The van der Waals surface area contributed by atoms with Crippen LogP contribution < -0.4 is 9.64 Å². The summed E-state index contributed by atoms with van der Waals surface area (Å²) < 4.78 is 12.3. The summed E-state index contributed by atoms with van der Waals surface area (Å²) in [5, 5.41) is 10.4. The summed E-state index contributed by atoms with van der Waals surface area (Å²) in [4.78, 5) is 22.4. The first kappa shape index (κ1) is 30.3. The molecule has 0 unspecified atom stereocenters. The number of rotatable bonds is 9. The Hall–Kier alpha value is -2.64. The van der Waals surface area contributed by atoms with Crippen molar-refractivity contribution in [2.45, 2.75) is 92.3 Å². The molecule has 40 heavy (non-hydrogen) atoms. The Morgan fingerprint density at radius 3 is 2.20 bits per heavy atom. The number of aromatic nitrogens is 1. The molecule has 1 N–H and O–H groups in total. The van der Waals surface area contributed by atoms with Crippen LogP contribution in [-0.4, -0.2) is 65.9 Å². The molecule has 1 aromatic heterocycles. The zero-order valence-corrected chi connectivity index (χ0v) is 25.7. The van der Waals surface area contributed by atoms with Crippen LogP contribution in [0.2, 0.25) is 0 Å². The van der Waals surface area contributed by atoms with Crippen molar-refractivity contribution in [2.24, 2.45) is 5.41 Å². The van der Waals surface area contributed by atoms with E-state index in [0.29, 0.717) is 17.9 Å². The first-order valence-corrected chi connectivity index (χ1v) is 15.0. The Bertz CT molecular complexity index is 1150. The first-order valence-electron chi connectivity index (χ1n) is 15.0. The summed E-state index contributed by atoms with van der Waals surface area (Å²) in [5.41, 5.74) is 4.80. The predicted molar refractivity (Wildman–Crippen MR) is 161 cm³/mol. The molecule has 2 fully saturated rings. The Labute approximate surface area is 240 Å². The topological polar surface area (TPSA) is 75.1 Å². The van der Waals surface area contributed by atoms with Gasteiger partial charge in [0, 0.05) is 42.1 Å². The first-order chi connectivity index (χ1) is 18.8. The maximum absolute atomic E-state index is 12.7. The fraction of sp³-hybridized carbons (Fsp3) is 0.636. The SMILES string of the molecule is Cc1nc(C)c([C@H](OC(C)(C)C)C(=O)O)c(N2CCC(C)(C)CC2)c1-c1ccc(OCCN2CCCCC2)cc1. The van der Waals surface area contributed by atoms with E-state index in [1.165, 1.54) is 19.3 Å². The van der Waals surface area contributed by atoms with Crippen LogP contribution in [0.4, 0.5) is 5.69 Å². The minimum atomic E-state index is -1.12. The van der Waals surface area contributed by atoms with Gasteiger partial charge in [-0.25, -0.2) is 4.79 Å². The number of likely N-dealkylation sites (tertiary alicyclic amines) is 1. The molecule has 3 heterocycles. The molecule has 0 amide bonds. The van der Waals surface area contributed by atoms with Crippen LogP contribution in [0, 0.1) is 19.3 Å². The number of hydrogen-bond acceptors (Lipinski definition) is 6. The lowest BCUT2D eigenvalue weighted by atomic mass is 9.82. The second kappa shape index (κ2) is 12.5. The number of piperidine rings is 2. The number of nitrogens with zero attached hydrogens (tertiary/aromatic N) is 3. The van der Waals surface area contributed by atoms with Gasteiger partial charge < -0.3 is 19.5 Å². The average Bonchev–Trinajstić information content (AvgIpc) is 2.88. The number of carboxylic acids is 1. The monoisotopic (exact) mass is 551 g/mol. The highest BCUT2D eigenvalue weighted by Crippen LogP contribution is 2.45. The number of benzene rings is 1. The molecule has 0 aliphatic carbocycles. The minimum Gasteiger partial charge on any atom is -0.492 e. The molecule has 1 atom stereocenters. The zero-order valence-electron chi connectivity index (χ0n) is 25.7. The van der Waals surface area contributed by atoms with E-state index in [-0.39, 0.29) is 5.41 Å². The van der Waals surface area contributed by atoms with Crippen LogP contribution in [0.25, 0.3) is 11.1 Å². The molecule has 2 saturated heterocycles. The molecule has 7 heteroatoms. The molecule has 2 aliphatic heterocycles. The molecule has 2 aliphatic rings. The van der Waals surface area contributed by atoms with Crippen LogP contribution >= 0.6 is 0 Å². The van der Waals surface area contributed by atoms with E-state index >= 15 is 0 Å². The summed E-state index contributed by atoms with van der Waals surface area (Å²) in [6, 6.07) is 8.20. The molecule has 2 aromatic rings. The van der Waals surface area contributed by atoms with E-state index in [9.17, 15) is 9.90 Å². The van der Waals surface area contributed by atoms with Gasteiger partial charge in [0.2, 0.25) is 0 Å². The number of aryl methyl sites for hydroxylation is 2. The molecule has 7 nitrogen and oxygen atoms in total. The van der Waals surface area contributed by atoms with Gasteiger partial charge in [0.25, 0.3) is 0 Å². The summed E-state index contributed by atoms with van der Waals surface area (Å²) in [7, 11) is 0. The van der Waals surface area contributed by atoms with E-state index in [1.54, 1.807) is 0 Å². The third-order valence-electron chi connectivity index (χ3n) is 8.24. The van der Waals surface area contributed by atoms with Crippen LogP contribution in [0.15, 0.2) is 24.3 Å². The molecule has 0 saturated carbocycles. The van der Waals surface area contributed by atoms with E-state index in [0.717, 1.165) is 73.8 Å². The molecule has 220 valence electrons. The Balaban J connectivity index is 1.70. The van der Waals surface area contributed by atoms with Gasteiger partial charge in [0.05, 0.1) is 11.3 Å². The maximum atomic E-state index is 12.7. The lowest BCUT2D eigenvalue weighted by Gasteiger charge is -2.41. The molecule has 0 bridgehead atoms. The van der Waals surface area contributed by atoms with Gasteiger partial charge in [0.1, 0.15) is 12.4 Å². The smallest absolute Gasteiger partial charge is 0.337 e. The number of hydrogen-bond donors (Lipinski definition) is 1. The number of anilines is 1. The number of pyridine rings is 1. The largest absolute Gasteiger partial charge is 0.492 e. The van der Waals surface area contributed by atoms with Crippen molar-refractivity contribution in [1.82, 2.24) is 9.88 Å². The van der Waals surface area contributed by atoms with Crippen molar-refractivity contribution in [3.8, 4) is 16.9 Å². The standard InChI is InChI=1S/C33H49N3O4/c1-23-27(25-11-13-26(14-12-25)39-22-21-35-17-9-8-10-18-35)29(36-19-15-33(6,7)16-20-36)28(24(2)34-23)30(31(37)38)40-32(3,4)5/h11-14,30H,8-10,15-22H2,1-7H3,(H,37,38)/t30-/m0/s1. The van der Waals surface area contributed by atoms with Crippen molar-refractivity contribution in [1.29, 1.82) is 0 Å². The molecular weight excluding hydrogens is 502 g/mol. The van der Waals surface area contributed by atoms with E-state index in [4.69, 9.17) is 14.5 Å². The van der Waals surface area contributed by atoms with Gasteiger partial charge in [-0.2, -0.15) is 0 Å². The number of aliphatic carboxylic acids is 1. The lowest BCUT2D eigenvalue weighted by Crippen LogP contribution is -2.39. The van der Waals surface area contributed by atoms with Crippen molar-refractivity contribution in [3.63, 3.8) is 0 Å². The molecule has 0 spiro atoms. The van der Waals surface area contributed by atoms with Crippen LogP contribution in [0.3, 0.4) is 0 Å². The van der Waals surface area contributed by atoms with E-state index in [2.05, 4.69) is 35.8 Å². The molecular formula is C33H49N3O4. The summed E-state index contributed by atoms with van der Waals surface area (Å²) in [5.74, 6) is -0.148. The highest BCUT2D eigenvalue weighted by atomic mass is 16.5. The Kier molecular flexibility index (Phi) is 9.46. The normalized spacial score (nSPS) is 18.9. The number of carbonyl (C=O) groups is 1. The third-order valence-corrected chi connectivity index (χ3v) is 8.24. The van der Waals surface area contributed by atoms with Crippen molar-refractivity contribution < 1.29 is 19.4 Å². The molecule has 4 rings (SSSR count). The average molecular weight is 552 g/mol. The van der Waals surface area contributed by atoms with Gasteiger partial charge in [-0.05, 0) is 96.5 Å². The number of carboxylic acid groups (broad SMARTS) is 1. The fourth-order valence-electron chi connectivity index (χ4n) is 5.95. The zero-order chi connectivity index (χ0) is 29.1.